The lowest BCUT2D eigenvalue weighted by Gasteiger charge is -2.14. The number of nitrogens with zero attached hydrogens (tertiary/aromatic N) is 3. The summed E-state index contributed by atoms with van der Waals surface area (Å²) in [6.07, 6.45) is -4.79. The Hall–Kier alpha value is -3.60. The molecule has 1 aromatic heterocycles. The van der Waals surface area contributed by atoms with Gasteiger partial charge in [-0.1, -0.05) is 23.7 Å². The van der Waals surface area contributed by atoms with Crippen molar-refractivity contribution in [3.63, 3.8) is 0 Å². The number of aromatic nitrogens is 2. The van der Waals surface area contributed by atoms with Crippen molar-refractivity contribution in [3.05, 3.63) is 75.9 Å². The first-order valence-corrected chi connectivity index (χ1v) is 10.2. The highest BCUT2D eigenvalue weighted by Gasteiger charge is 2.31. The lowest BCUT2D eigenvalue weighted by atomic mass is 10.1. The average Bonchev–Trinajstić information content (AvgIpc) is 3.13. The van der Waals surface area contributed by atoms with E-state index in [2.05, 4.69) is 15.0 Å². The average molecular weight is 499 g/mol. The Morgan fingerprint density at radius 3 is 2.50 bits per heavy atom. The number of alkyl halides is 3. The molecule has 0 atom stereocenters. The molecule has 0 unspecified atom stereocenters. The van der Waals surface area contributed by atoms with Crippen LogP contribution in [0.3, 0.4) is 0 Å². The molecule has 0 saturated carbocycles. The topological polar surface area (TPSA) is 76.5 Å². The molecule has 7 nitrogen and oxygen atoms in total. The number of carbonyl (C=O) groups is 2. The molecule has 0 fully saturated rings. The number of hydrogen-bond donors (Lipinski definition) is 1. The Labute approximate surface area is 196 Å². The second-order valence-corrected chi connectivity index (χ2v) is 7.62. The Balaban J connectivity index is 2.13. The number of imidazole rings is 1. The fourth-order valence-corrected chi connectivity index (χ4v) is 3.38. The van der Waals surface area contributed by atoms with E-state index in [-0.39, 0.29) is 35.9 Å². The second-order valence-electron chi connectivity index (χ2n) is 7.19. The lowest BCUT2D eigenvalue weighted by molar-refractivity contribution is -0.274. The highest BCUT2D eigenvalue weighted by atomic mass is 35.5. The van der Waals surface area contributed by atoms with Crippen LogP contribution in [-0.2, 0) is 17.8 Å². The van der Waals surface area contributed by atoms with Crippen molar-refractivity contribution in [3.8, 4) is 5.75 Å². The zero-order chi connectivity index (χ0) is 25.0. The van der Waals surface area contributed by atoms with Gasteiger partial charge < -0.3 is 19.5 Å². The van der Waals surface area contributed by atoms with E-state index in [1.807, 2.05) is 0 Å². The maximum Gasteiger partial charge on any atom is 0.573 e. The molecule has 0 saturated heterocycles. The van der Waals surface area contributed by atoms with E-state index in [9.17, 15) is 27.2 Å². The van der Waals surface area contributed by atoms with Gasteiger partial charge in [0.2, 0.25) is 6.41 Å². The Morgan fingerprint density at radius 1 is 1.24 bits per heavy atom. The molecular formula is C22H19ClF4N4O3. The summed E-state index contributed by atoms with van der Waals surface area (Å²) in [5, 5.41) is 2.97. The molecule has 0 spiro atoms. The van der Waals surface area contributed by atoms with E-state index in [0.717, 1.165) is 23.1 Å². The number of halogens is 5. The van der Waals surface area contributed by atoms with Crippen LogP contribution in [-0.4, -0.2) is 42.3 Å². The van der Waals surface area contributed by atoms with E-state index in [0.29, 0.717) is 17.0 Å². The number of ether oxygens (including phenoxy) is 1. The smallest absolute Gasteiger partial charge is 0.406 e. The van der Waals surface area contributed by atoms with Crippen LogP contribution in [0.5, 0.6) is 5.75 Å². The van der Waals surface area contributed by atoms with E-state index in [1.54, 1.807) is 24.3 Å². The van der Waals surface area contributed by atoms with Crippen molar-refractivity contribution in [2.75, 3.05) is 19.0 Å². The molecule has 1 heterocycles. The van der Waals surface area contributed by atoms with E-state index in [4.69, 9.17) is 11.6 Å². The van der Waals surface area contributed by atoms with Crippen LogP contribution in [0.1, 0.15) is 27.4 Å². The van der Waals surface area contributed by atoms with Crippen molar-refractivity contribution in [2.24, 2.45) is 0 Å². The van der Waals surface area contributed by atoms with Crippen LogP contribution in [0.15, 0.2) is 42.5 Å². The molecule has 0 aliphatic rings. The van der Waals surface area contributed by atoms with Crippen LogP contribution >= 0.6 is 11.6 Å². The molecular weight excluding hydrogens is 480 g/mol. The third-order valence-electron chi connectivity index (χ3n) is 4.82. The molecule has 2 amide bonds. The molecule has 180 valence electrons. The van der Waals surface area contributed by atoms with E-state index < -0.39 is 23.8 Å². The molecule has 0 aliphatic heterocycles. The fraction of sp³-hybridized carbons (Fsp3) is 0.227. The van der Waals surface area contributed by atoms with Crippen molar-refractivity contribution in [2.45, 2.75) is 19.3 Å². The minimum atomic E-state index is -4.95. The summed E-state index contributed by atoms with van der Waals surface area (Å²) in [6.45, 7) is 0.0926. The minimum absolute atomic E-state index is 0.00131. The van der Waals surface area contributed by atoms with Gasteiger partial charge in [0.25, 0.3) is 5.91 Å². The summed E-state index contributed by atoms with van der Waals surface area (Å²) < 4.78 is 57.7. The van der Waals surface area contributed by atoms with Gasteiger partial charge in [-0.3, -0.25) is 9.59 Å². The van der Waals surface area contributed by atoms with Crippen molar-refractivity contribution >= 4 is 29.7 Å². The summed E-state index contributed by atoms with van der Waals surface area (Å²) in [6, 6.07) is 9.32. The van der Waals surface area contributed by atoms with Gasteiger partial charge in [-0.25, -0.2) is 9.37 Å². The summed E-state index contributed by atoms with van der Waals surface area (Å²) in [7, 11) is 2.78. The molecule has 34 heavy (non-hydrogen) atoms. The second kappa shape index (κ2) is 10.1. The van der Waals surface area contributed by atoms with Crippen molar-refractivity contribution in [1.82, 2.24) is 14.9 Å². The summed E-state index contributed by atoms with van der Waals surface area (Å²) in [5.41, 5.74) is 0.584. The number of nitrogens with one attached hydrogen (secondary N) is 1. The van der Waals surface area contributed by atoms with Gasteiger partial charge in [0.1, 0.15) is 17.4 Å². The van der Waals surface area contributed by atoms with Gasteiger partial charge in [-0.2, -0.15) is 0 Å². The minimum Gasteiger partial charge on any atom is -0.406 e. The van der Waals surface area contributed by atoms with Gasteiger partial charge in [0, 0.05) is 32.1 Å². The number of amides is 2. The molecule has 3 rings (SSSR count). The monoisotopic (exact) mass is 498 g/mol. The molecule has 12 heteroatoms. The number of carbonyl (C=O) groups excluding carboxylic acids is 2. The molecule has 0 bridgehead atoms. The van der Waals surface area contributed by atoms with Gasteiger partial charge in [-0.15, -0.1) is 13.2 Å². The quantitative estimate of drug-likeness (QED) is 0.374. The van der Waals surface area contributed by atoms with Gasteiger partial charge >= 0.3 is 6.36 Å². The summed E-state index contributed by atoms with van der Waals surface area (Å²) in [5.74, 6) is -1.81. The highest BCUT2D eigenvalue weighted by Crippen LogP contribution is 2.28. The number of hydrogen-bond acceptors (Lipinski definition) is 4. The van der Waals surface area contributed by atoms with Crippen LogP contribution < -0.4 is 15.0 Å². The first-order valence-electron chi connectivity index (χ1n) is 9.80. The van der Waals surface area contributed by atoms with Crippen molar-refractivity contribution in [1.29, 1.82) is 0 Å². The third-order valence-corrected chi connectivity index (χ3v) is 5.07. The van der Waals surface area contributed by atoms with E-state index >= 15 is 0 Å². The zero-order valence-electron chi connectivity index (χ0n) is 18.0. The third kappa shape index (κ3) is 5.84. The zero-order valence-corrected chi connectivity index (χ0v) is 18.7. The lowest BCUT2D eigenvalue weighted by Crippen LogP contribution is -2.26. The van der Waals surface area contributed by atoms with Gasteiger partial charge in [0.15, 0.2) is 11.5 Å². The largest absolute Gasteiger partial charge is 0.573 e. The molecule has 0 radical (unpaired) electrons. The van der Waals surface area contributed by atoms with Gasteiger partial charge in [-0.05, 0) is 41.5 Å². The maximum absolute atomic E-state index is 14.5. The first-order chi connectivity index (χ1) is 16.0. The number of rotatable bonds is 8. The Morgan fingerprint density at radius 2 is 1.91 bits per heavy atom. The predicted molar refractivity (Wildman–Crippen MR) is 117 cm³/mol. The van der Waals surface area contributed by atoms with Crippen LogP contribution in [0.4, 0.5) is 23.4 Å². The van der Waals surface area contributed by atoms with Crippen LogP contribution in [0.2, 0.25) is 5.02 Å². The fourth-order valence-electron chi connectivity index (χ4n) is 3.26. The molecule has 0 aliphatic carbocycles. The molecule has 2 aromatic carbocycles. The Bertz CT molecular complexity index is 1200. The Kier molecular flexibility index (Phi) is 7.45. The summed E-state index contributed by atoms with van der Waals surface area (Å²) >= 11 is 5.94. The molecule has 1 N–H and O–H groups in total. The van der Waals surface area contributed by atoms with Crippen LogP contribution in [0.25, 0.3) is 0 Å². The maximum atomic E-state index is 14.5. The van der Waals surface area contributed by atoms with Gasteiger partial charge in [0.05, 0.1) is 0 Å². The number of benzene rings is 2. The van der Waals surface area contributed by atoms with Crippen molar-refractivity contribution < 1.29 is 31.9 Å². The molecule has 3 aromatic rings. The van der Waals surface area contributed by atoms with Crippen LogP contribution in [0, 0.1) is 5.82 Å². The SMILES string of the molecule is CNC(=O)c1c(N(C)C=O)nc(Cc2cc(OC(F)(F)F)ccc2F)n1Cc1ccc(Cl)cc1. The number of anilines is 1. The normalized spacial score (nSPS) is 11.3. The first kappa shape index (κ1) is 25.0. The standard InChI is InChI=1S/C22H19ClF4N4O3/c1-28-21(33)19-20(30(2)12-32)29-18(31(19)11-13-3-5-15(23)6-4-13)10-14-9-16(7-8-17(14)24)34-22(25,26)27/h3-9,12H,10-11H2,1-2H3,(H,28,33). The summed E-state index contributed by atoms with van der Waals surface area (Å²) in [4.78, 5) is 29.6. The van der Waals surface area contributed by atoms with E-state index in [1.165, 1.54) is 18.7 Å². The predicted octanol–water partition coefficient (Wildman–Crippen LogP) is 4.17. The highest BCUT2D eigenvalue weighted by molar-refractivity contribution is 6.30.